The molecular formula is C24H32N4O3. The number of amides is 3. The van der Waals surface area contributed by atoms with Gasteiger partial charge in [-0.25, -0.2) is 0 Å². The van der Waals surface area contributed by atoms with Crippen molar-refractivity contribution in [3.05, 3.63) is 34.9 Å². The second-order valence-electron chi connectivity index (χ2n) is 9.68. The maximum absolute atomic E-state index is 13.2. The first-order valence-electron chi connectivity index (χ1n) is 11.7. The molecular weight excluding hydrogens is 392 g/mol. The molecule has 166 valence electrons. The summed E-state index contributed by atoms with van der Waals surface area (Å²) in [4.78, 5) is 38.6. The van der Waals surface area contributed by atoms with Crippen molar-refractivity contribution >= 4 is 17.7 Å². The van der Waals surface area contributed by atoms with Crippen molar-refractivity contribution in [3.8, 4) is 0 Å². The number of carbonyl (C=O) groups is 3. The normalized spacial score (nSPS) is 27.6. The highest BCUT2D eigenvalue weighted by molar-refractivity contribution is 6.05. The van der Waals surface area contributed by atoms with E-state index in [2.05, 4.69) is 16.0 Å². The second kappa shape index (κ2) is 8.36. The molecule has 31 heavy (non-hydrogen) atoms. The van der Waals surface area contributed by atoms with E-state index in [1.54, 1.807) is 4.90 Å². The minimum Gasteiger partial charge on any atom is -0.322 e. The molecule has 3 N–H and O–H groups in total. The van der Waals surface area contributed by atoms with E-state index < -0.39 is 6.04 Å². The van der Waals surface area contributed by atoms with Crippen LogP contribution in [0.1, 0.15) is 66.4 Å². The van der Waals surface area contributed by atoms with Crippen LogP contribution in [0.15, 0.2) is 18.2 Å². The molecule has 0 radical (unpaired) electrons. The lowest BCUT2D eigenvalue weighted by atomic mass is 9.71. The molecule has 3 amide bonds. The third-order valence-corrected chi connectivity index (χ3v) is 8.04. The Labute approximate surface area is 183 Å². The van der Waals surface area contributed by atoms with Crippen LogP contribution in [0, 0.1) is 11.3 Å². The van der Waals surface area contributed by atoms with Crippen LogP contribution >= 0.6 is 0 Å². The zero-order valence-corrected chi connectivity index (χ0v) is 18.0. The van der Waals surface area contributed by atoms with Gasteiger partial charge in [0.2, 0.25) is 11.8 Å². The lowest BCUT2D eigenvalue weighted by Crippen LogP contribution is -2.52. The SMILES string of the molecule is O=C1CCC(N2Cc3cccc(CNCC4CCCC45CCNCC5)c3C2=O)C(=O)N1. The van der Waals surface area contributed by atoms with Crippen LogP contribution in [0.5, 0.6) is 0 Å². The van der Waals surface area contributed by atoms with E-state index in [9.17, 15) is 14.4 Å². The number of hydrogen-bond donors (Lipinski definition) is 3. The fourth-order valence-electron chi connectivity index (χ4n) is 6.33. The lowest BCUT2D eigenvalue weighted by Gasteiger charge is -2.39. The molecule has 1 aliphatic carbocycles. The van der Waals surface area contributed by atoms with Gasteiger partial charge >= 0.3 is 0 Å². The highest BCUT2D eigenvalue weighted by Crippen LogP contribution is 2.49. The van der Waals surface area contributed by atoms with Gasteiger partial charge in [-0.15, -0.1) is 0 Å². The van der Waals surface area contributed by atoms with Crippen molar-refractivity contribution in [2.24, 2.45) is 11.3 Å². The largest absolute Gasteiger partial charge is 0.322 e. The Kier molecular flexibility index (Phi) is 5.56. The number of fused-ring (bicyclic) bond motifs is 1. The maximum atomic E-state index is 13.2. The molecule has 1 spiro atoms. The van der Waals surface area contributed by atoms with Gasteiger partial charge in [0.25, 0.3) is 5.91 Å². The van der Waals surface area contributed by atoms with Crippen molar-refractivity contribution in [3.63, 3.8) is 0 Å². The summed E-state index contributed by atoms with van der Waals surface area (Å²) in [5.41, 5.74) is 3.22. The molecule has 0 bridgehead atoms. The predicted octanol–water partition coefficient (Wildman–Crippen LogP) is 1.71. The van der Waals surface area contributed by atoms with Gasteiger partial charge in [-0.3, -0.25) is 19.7 Å². The quantitative estimate of drug-likeness (QED) is 0.626. The van der Waals surface area contributed by atoms with Gasteiger partial charge in [-0.05, 0) is 74.2 Å². The fourth-order valence-corrected chi connectivity index (χ4v) is 6.33. The van der Waals surface area contributed by atoms with Crippen LogP contribution in [-0.2, 0) is 22.7 Å². The third kappa shape index (κ3) is 3.78. The molecule has 5 rings (SSSR count). The minimum atomic E-state index is -0.559. The molecule has 2 unspecified atom stereocenters. The summed E-state index contributed by atoms with van der Waals surface area (Å²) in [5.74, 6) is 0.0129. The van der Waals surface area contributed by atoms with E-state index in [0.29, 0.717) is 30.8 Å². The lowest BCUT2D eigenvalue weighted by molar-refractivity contribution is -0.136. The van der Waals surface area contributed by atoms with Crippen LogP contribution in [0.3, 0.4) is 0 Å². The number of nitrogens with one attached hydrogen (secondary N) is 3. The molecule has 1 aromatic carbocycles. The Morgan fingerprint density at radius 2 is 1.94 bits per heavy atom. The zero-order chi connectivity index (χ0) is 21.4. The summed E-state index contributed by atoms with van der Waals surface area (Å²) < 4.78 is 0. The van der Waals surface area contributed by atoms with E-state index in [1.807, 2.05) is 18.2 Å². The molecule has 2 atom stereocenters. The Morgan fingerprint density at radius 1 is 1.10 bits per heavy atom. The highest BCUT2D eigenvalue weighted by atomic mass is 16.2. The summed E-state index contributed by atoms with van der Waals surface area (Å²) >= 11 is 0. The first-order chi connectivity index (χ1) is 15.1. The number of imide groups is 1. The first-order valence-corrected chi connectivity index (χ1v) is 11.7. The van der Waals surface area contributed by atoms with Crippen molar-refractivity contribution in [2.75, 3.05) is 19.6 Å². The van der Waals surface area contributed by atoms with E-state index in [4.69, 9.17) is 0 Å². The van der Waals surface area contributed by atoms with Crippen molar-refractivity contribution in [1.29, 1.82) is 0 Å². The standard InChI is InChI=1S/C24H32N4O3/c29-20-7-6-19(22(30)27-20)28-15-17-4-1-3-16(21(17)23(28)31)13-26-14-18-5-2-8-24(18)9-11-25-12-10-24/h1,3-4,18-19,25-26H,2,5-15H2,(H,27,29,30). The van der Waals surface area contributed by atoms with Gasteiger partial charge in [-0.2, -0.15) is 0 Å². The highest BCUT2D eigenvalue weighted by Gasteiger charge is 2.43. The number of hydrogen-bond acceptors (Lipinski definition) is 5. The van der Waals surface area contributed by atoms with Crippen molar-refractivity contribution in [1.82, 2.24) is 20.9 Å². The van der Waals surface area contributed by atoms with E-state index in [0.717, 1.165) is 36.3 Å². The number of piperidine rings is 2. The Morgan fingerprint density at radius 3 is 2.74 bits per heavy atom. The summed E-state index contributed by atoms with van der Waals surface area (Å²) in [6.07, 6.45) is 7.20. The fraction of sp³-hybridized carbons (Fsp3) is 0.625. The molecule has 1 saturated carbocycles. The molecule has 4 aliphatic rings. The molecule has 7 nitrogen and oxygen atoms in total. The number of rotatable bonds is 5. The first kappa shape index (κ1) is 20.6. The van der Waals surface area contributed by atoms with Crippen LogP contribution < -0.4 is 16.0 Å². The minimum absolute atomic E-state index is 0.0856. The van der Waals surface area contributed by atoms with Crippen LogP contribution in [0.2, 0.25) is 0 Å². The molecule has 7 heteroatoms. The Bertz CT molecular complexity index is 893. The van der Waals surface area contributed by atoms with Gasteiger partial charge in [0.15, 0.2) is 0 Å². The molecule has 1 aromatic rings. The summed E-state index contributed by atoms with van der Waals surface area (Å²) in [6.45, 7) is 4.37. The molecule has 2 saturated heterocycles. The zero-order valence-electron chi connectivity index (χ0n) is 18.0. The average molecular weight is 425 g/mol. The van der Waals surface area contributed by atoms with Crippen molar-refractivity contribution in [2.45, 2.75) is 64.1 Å². The van der Waals surface area contributed by atoms with Gasteiger partial charge < -0.3 is 15.5 Å². The van der Waals surface area contributed by atoms with Gasteiger partial charge in [-0.1, -0.05) is 24.6 Å². The summed E-state index contributed by atoms with van der Waals surface area (Å²) in [5, 5.41) is 9.53. The summed E-state index contributed by atoms with van der Waals surface area (Å²) in [6, 6.07) is 5.44. The molecule has 3 heterocycles. The summed E-state index contributed by atoms with van der Waals surface area (Å²) in [7, 11) is 0. The topological polar surface area (TPSA) is 90.5 Å². The maximum Gasteiger partial charge on any atom is 0.255 e. The van der Waals surface area contributed by atoms with E-state index in [1.165, 1.54) is 32.1 Å². The van der Waals surface area contributed by atoms with Crippen LogP contribution in [-0.4, -0.2) is 48.3 Å². The van der Waals surface area contributed by atoms with Gasteiger partial charge in [0.1, 0.15) is 6.04 Å². The van der Waals surface area contributed by atoms with Crippen molar-refractivity contribution < 1.29 is 14.4 Å². The van der Waals surface area contributed by atoms with Gasteiger partial charge in [0.05, 0.1) is 0 Å². The number of carbonyl (C=O) groups excluding carboxylic acids is 3. The molecule has 3 fully saturated rings. The number of nitrogens with zero attached hydrogens (tertiary/aromatic N) is 1. The second-order valence-corrected chi connectivity index (χ2v) is 9.68. The Hall–Kier alpha value is -2.25. The molecule has 0 aromatic heterocycles. The van der Waals surface area contributed by atoms with E-state index >= 15 is 0 Å². The van der Waals surface area contributed by atoms with Crippen LogP contribution in [0.25, 0.3) is 0 Å². The third-order valence-electron chi connectivity index (χ3n) is 8.04. The smallest absolute Gasteiger partial charge is 0.255 e. The molecule has 3 aliphatic heterocycles. The monoisotopic (exact) mass is 424 g/mol. The predicted molar refractivity (Wildman–Crippen MR) is 116 cm³/mol. The van der Waals surface area contributed by atoms with Gasteiger partial charge in [0, 0.05) is 25.1 Å². The van der Waals surface area contributed by atoms with E-state index in [-0.39, 0.29) is 24.1 Å². The Balaban J connectivity index is 1.25. The number of benzene rings is 1. The average Bonchev–Trinajstić information content (AvgIpc) is 3.30. The van der Waals surface area contributed by atoms with Crippen LogP contribution in [0.4, 0.5) is 0 Å².